The molecule has 124 valence electrons. The lowest BCUT2D eigenvalue weighted by molar-refractivity contribution is -0.123. The predicted molar refractivity (Wildman–Crippen MR) is 89.6 cm³/mol. The largest absolute Gasteiger partial charge is 0.501 e. The monoisotopic (exact) mass is 316 g/mol. The third-order valence-corrected chi connectivity index (χ3v) is 4.37. The number of anilines is 1. The quantitative estimate of drug-likeness (QED) is 0.614. The van der Waals surface area contributed by atoms with Crippen LogP contribution < -0.4 is 10.5 Å². The summed E-state index contributed by atoms with van der Waals surface area (Å²) in [5, 5.41) is 0. The van der Waals surface area contributed by atoms with Gasteiger partial charge < -0.3 is 15.2 Å². The fourth-order valence-electron chi connectivity index (χ4n) is 3.07. The van der Waals surface area contributed by atoms with Gasteiger partial charge in [-0.25, -0.2) is 4.85 Å². The first-order chi connectivity index (χ1) is 11.1. The molecule has 2 N–H and O–H groups in total. The number of para-hydroxylation sites is 1. The summed E-state index contributed by atoms with van der Waals surface area (Å²) >= 11 is 0. The summed E-state index contributed by atoms with van der Waals surface area (Å²) in [7, 11) is 1.55. The molecule has 23 heavy (non-hydrogen) atoms. The van der Waals surface area contributed by atoms with Gasteiger partial charge >= 0.3 is 0 Å². The summed E-state index contributed by atoms with van der Waals surface area (Å²) in [6, 6.07) is 5.33. The third kappa shape index (κ3) is 4.97. The standard InChI is InChI=1S/C18H24N2O3/c1-20-18-16(19)4-3-5-17(18)23-15-10-7-13(8-11-15)6-9-14(21)12-22-2/h3-5,13,15H,6-12,19H2,2H3. The Bertz CT molecular complexity index is 572. The van der Waals surface area contributed by atoms with Crippen LogP contribution >= 0.6 is 0 Å². The number of rotatable bonds is 7. The minimum absolute atomic E-state index is 0.128. The molecule has 2 rings (SSSR count). The van der Waals surface area contributed by atoms with E-state index < -0.39 is 0 Å². The van der Waals surface area contributed by atoms with Crippen molar-refractivity contribution < 1.29 is 14.3 Å². The predicted octanol–water partition coefficient (Wildman–Crippen LogP) is 3.75. The van der Waals surface area contributed by atoms with E-state index >= 15 is 0 Å². The lowest BCUT2D eigenvalue weighted by Gasteiger charge is -2.29. The summed E-state index contributed by atoms with van der Waals surface area (Å²) in [5.41, 5.74) is 6.68. The van der Waals surface area contributed by atoms with Crippen molar-refractivity contribution in [3.8, 4) is 5.75 Å². The molecular formula is C18H24N2O3. The molecule has 0 radical (unpaired) electrons. The number of ketones is 1. The van der Waals surface area contributed by atoms with E-state index in [1.54, 1.807) is 19.2 Å². The summed E-state index contributed by atoms with van der Waals surface area (Å²) in [5.74, 6) is 1.34. The molecule has 0 aromatic heterocycles. The molecule has 0 atom stereocenters. The average molecular weight is 316 g/mol. The molecule has 1 aliphatic carbocycles. The number of benzene rings is 1. The van der Waals surface area contributed by atoms with Crippen LogP contribution in [0.5, 0.6) is 5.75 Å². The molecule has 0 unspecified atom stereocenters. The van der Waals surface area contributed by atoms with Gasteiger partial charge in [0.05, 0.1) is 12.7 Å². The average Bonchev–Trinajstić information content (AvgIpc) is 2.55. The topological polar surface area (TPSA) is 65.9 Å². The van der Waals surface area contributed by atoms with E-state index in [-0.39, 0.29) is 18.5 Å². The maximum absolute atomic E-state index is 11.5. The van der Waals surface area contributed by atoms with Crippen LogP contribution in [0.4, 0.5) is 11.4 Å². The molecule has 0 aliphatic heterocycles. The Kier molecular flexibility index (Phi) is 6.42. The maximum Gasteiger partial charge on any atom is 0.250 e. The lowest BCUT2D eigenvalue weighted by atomic mass is 9.84. The summed E-state index contributed by atoms with van der Waals surface area (Å²) < 4.78 is 10.8. The van der Waals surface area contributed by atoms with Crippen LogP contribution in [0.2, 0.25) is 0 Å². The number of ether oxygens (including phenoxy) is 2. The van der Waals surface area contributed by atoms with Crippen LogP contribution in [-0.4, -0.2) is 25.6 Å². The Morgan fingerprint density at radius 1 is 1.35 bits per heavy atom. The van der Waals surface area contributed by atoms with Gasteiger partial charge in [0, 0.05) is 19.2 Å². The molecule has 1 aliphatic rings. The molecule has 0 saturated heterocycles. The summed E-state index contributed by atoms with van der Waals surface area (Å²) in [6.45, 7) is 7.44. The number of carbonyl (C=O) groups is 1. The van der Waals surface area contributed by atoms with E-state index in [0.29, 0.717) is 29.5 Å². The van der Waals surface area contributed by atoms with Gasteiger partial charge in [-0.3, -0.25) is 4.79 Å². The number of nitrogens with zero attached hydrogens (tertiary/aromatic N) is 1. The van der Waals surface area contributed by atoms with Gasteiger partial charge in [-0.05, 0) is 50.2 Å². The number of hydrogen-bond acceptors (Lipinski definition) is 4. The van der Waals surface area contributed by atoms with Crippen molar-refractivity contribution >= 4 is 17.2 Å². The Morgan fingerprint density at radius 3 is 2.74 bits per heavy atom. The van der Waals surface area contributed by atoms with E-state index in [0.717, 1.165) is 32.1 Å². The highest BCUT2D eigenvalue weighted by Gasteiger charge is 2.23. The van der Waals surface area contributed by atoms with E-state index in [1.165, 1.54) is 0 Å². The fourth-order valence-corrected chi connectivity index (χ4v) is 3.07. The van der Waals surface area contributed by atoms with Crippen molar-refractivity contribution in [1.82, 2.24) is 0 Å². The number of Topliss-reactive ketones (excluding diaryl/α,β-unsaturated/α-hetero) is 1. The zero-order chi connectivity index (χ0) is 16.7. The van der Waals surface area contributed by atoms with Crippen LogP contribution in [0.15, 0.2) is 18.2 Å². The van der Waals surface area contributed by atoms with E-state index in [2.05, 4.69) is 4.85 Å². The van der Waals surface area contributed by atoms with E-state index in [1.807, 2.05) is 6.07 Å². The summed E-state index contributed by atoms with van der Waals surface area (Å²) in [4.78, 5) is 15.0. The van der Waals surface area contributed by atoms with E-state index in [9.17, 15) is 4.79 Å². The third-order valence-electron chi connectivity index (χ3n) is 4.37. The Morgan fingerprint density at radius 2 is 2.09 bits per heavy atom. The fraction of sp³-hybridized carbons (Fsp3) is 0.556. The molecule has 1 fully saturated rings. The number of nitrogen functional groups attached to an aromatic ring is 1. The molecule has 0 spiro atoms. The number of hydrogen-bond donors (Lipinski definition) is 1. The number of carbonyl (C=O) groups excluding carboxylic acids is 1. The smallest absolute Gasteiger partial charge is 0.250 e. The zero-order valence-corrected chi connectivity index (χ0v) is 13.6. The lowest BCUT2D eigenvalue weighted by Crippen LogP contribution is -2.24. The van der Waals surface area contributed by atoms with Gasteiger partial charge in [0.25, 0.3) is 0 Å². The van der Waals surface area contributed by atoms with Crippen LogP contribution in [0.3, 0.4) is 0 Å². The molecule has 1 aromatic carbocycles. The van der Waals surface area contributed by atoms with Gasteiger partial charge in [-0.2, -0.15) is 0 Å². The van der Waals surface area contributed by atoms with Gasteiger partial charge in [-0.15, -0.1) is 0 Å². The van der Waals surface area contributed by atoms with Crippen LogP contribution in [-0.2, 0) is 9.53 Å². The number of methoxy groups -OCH3 is 1. The van der Waals surface area contributed by atoms with Crippen molar-refractivity contribution in [2.45, 2.75) is 44.6 Å². The minimum Gasteiger partial charge on any atom is -0.501 e. The Hall–Kier alpha value is -2.06. The van der Waals surface area contributed by atoms with Crippen molar-refractivity contribution in [2.24, 2.45) is 5.92 Å². The Labute approximate surface area is 137 Å². The van der Waals surface area contributed by atoms with Crippen molar-refractivity contribution in [3.05, 3.63) is 29.6 Å². The minimum atomic E-state index is 0.128. The first kappa shape index (κ1) is 17.3. The zero-order valence-electron chi connectivity index (χ0n) is 13.6. The highest BCUT2D eigenvalue weighted by Crippen LogP contribution is 2.37. The highest BCUT2D eigenvalue weighted by atomic mass is 16.5. The molecule has 0 bridgehead atoms. The second kappa shape index (κ2) is 8.54. The maximum atomic E-state index is 11.5. The molecular weight excluding hydrogens is 292 g/mol. The summed E-state index contributed by atoms with van der Waals surface area (Å²) in [6.07, 6.45) is 5.68. The van der Waals surface area contributed by atoms with Crippen molar-refractivity contribution in [1.29, 1.82) is 0 Å². The second-order valence-corrected chi connectivity index (χ2v) is 6.08. The van der Waals surface area contributed by atoms with Crippen LogP contribution in [0.1, 0.15) is 38.5 Å². The van der Waals surface area contributed by atoms with Gasteiger partial charge in [-0.1, -0.05) is 6.07 Å². The SMILES string of the molecule is [C-]#[N+]c1c(N)cccc1OC1CCC(CCC(=O)COC)CC1. The van der Waals surface area contributed by atoms with Crippen LogP contribution in [0.25, 0.3) is 4.85 Å². The van der Waals surface area contributed by atoms with E-state index in [4.69, 9.17) is 21.8 Å². The molecule has 1 aromatic rings. The normalized spacial score (nSPS) is 20.7. The first-order valence-electron chi connectivity index (χ1n) is 8.07. The first-order valence-corrected chi connectivity index (χ1v) is 8.07. The Balaban J connectivity index is 1.80. The molecule has 0 heterocycles. The second-order valence-electron chi connectivity index (χ2n) is 6.08. The number of nitrogens with two attached hydrogens (primary N) is 1. The molecule has 5 heteroatoms. The van der Waals surface area contributed by atoms with Gasteiger partial charge in [0.2, 0.25) is 5.69 Å². The highest BCUT2D eigenvalue weighted by molar-refractivity contribution is 5.79. The van der Waals surface area contributed by atoms with Crippen LogP contribution in [0, 0.1) is 12.5 Å². The molecule has 5 nitrogen and oxygen atoms in total. The molecule has 1 saturated carbocycles. The van der Waals surface area contributed by atoms with Crippen molar-refractivity contribution in [3.63, 3.8) is 0 Å². The van der Waals surface area contributed by atoms with Gasteiger partial charge in [0.15, 0.2) is 5.78 Å². The van der Waals surface area contributed by atoms with Gasteiger partial charge in [0.1, 0.15) is 12.4 Å². The molecule has 0 amide bonds. The van der Waals surface area contributed by atoms with Crippen molar-refractivity contribution in [2.75, 3.05) is 19.5 Å².